The maximum atomic E-state index is 11.8. The van der Waals surface area contributed by atoms with E-state index >= 15 is 0 Å². The molecule has 3 rings (SSSR count). The number of fused-ring (bicyclic) bond motifs is 1. The lowest BCUT2D eigenvalue weighted by Gasteiger charge is -2.32. The number of rotatable bonds is 2. The van der Waals surface area contributed by atoms with E-state index in [1.807, 2.05) is 24.3 Å². The predicted octanol–water partition coefficient (Wildman–Crippen LogP) is 2.87. The van der Waals surface area contributed by atoms with Crippen LogP contribution in [0.3, 0.4) is 0 Å². The van der Waals surface area contributed by atoms with Gasteiger partial charge < -0.3 is 5.73 Å². The second-order valence-corrected chi connectivity index (χ2v) is 5.13. The maximum absolute atomic E-state index is 11.8. The van der Waals surface area contributed by atoms with Crippen molar-refractivity contribution in [2.75, 3.05) is 0 Å². The highest BCUT2D eigenvalue weighted by atomic mass is 16.1. The van der Waals surface area contributed by atoms with E-state index < -0.39 is 0 Å². The van der Waals surface area contributed by atoms with Crippen LogP contribution in [-0.4, -0.2) is 5.91 Å². The molecule has 0 saturated heterocycles. The summed E-state index contributed by atoms with van der Waals surface area (Å²) >= 11 is 0. The average Bonchev–Trinajstić information content (AvgIpc) is 2.46. The largest absolute Gasteiger partial charge is 0.369 e. The Hall–Kier alpha value is -2.09. The van der Waals surface area contributed by atoms with Gasteiger partial charge in [0.25, 0.3) is 0 Å². The highest BCUT2D eigenvalue weighted by molar-refractivity contribution is 5.79. The molecule has 2 heteroatoms. The summed E-state index contributed by atoms with van der Waals surface area (Å²) in [5, 5.41) is 0. The number of hydrogen-bond donors (Lipinski definition) is 1. The fourth-order valence-corrected chi connectivity index (χ4v) is 3.14. The van der Waals surface area contributed by atoms with Crippen LogP contribution in [0.2, 0.25) is 0 Å². The van der Waals surface area contributed by atoms with Crippen LogP contribution in [0.25, 0.3) is 0 Å². The average molecular weight is 251 g/mol. The molecule has 1 aliphatic rings. The van der Waals surface area contributed by atoms with Crippen LogP contribution in [0.1, 0.15) is 29.0 Å². The molecule has 0 heterocycles. The topological polar surface area (TPSA) is 43.1 Å². The number of aryl methyl sites for hydroxylation is 1. The number of primary amides is 1. The summed E-state index contributed by atoms with van der Waals surface area (Å²) in [6, 6.07) is 18.6. The molecule has 96 valence electrons. The lowest BCUT2D eigenvalue weighted by atomic mass is 9.71. The van der Waals surface area contributed by atoms with Crippen LogP contribution in [0.15, 0.2) is 54.6 Å². The molecule has 0 aliphatic heterocycles. The Morgan fingerprint density at radius 3 is 2.42 bits per heavy atom. The predicted molar refractivity (Wildman–Crippen MR) is 75.7 cm³/mol. The van der Waals surface area contributed by atoms with E-state index in [9.17, 15) is 4.79 Å². The van der Waals surface area contributed by atoms with Gasteiger partial charge in [0.1, 0.15) is 0 Å². The molecule has 0 fully saturated rings. The number of carbonyl (C=O) groups excluding carboxylic acids is 1. The molecule has 19 heavy (non-hydrogen) atoms. The Morgan fingerprint density at radius 1 is 1.00 bits per heavy atom. The molecule has 0 spiro atoms. The van der Waals surface area contributed by atoms with Crippen molar-refractivity contribution < 1.29 is 4.79 Å². The van der Waals surface area contributed by atoms with Gasteiger partial charge in [0.2, 0.25) is 5.91 Å². The SMILES string of the molecule is NC(=O)C1CCc2ccccc2C1c1ccccc1. The van der Waals surface area contributed by atoms with Crippen LogP contribution in [0, 0.1) is 5.92 Å². The van der Waals surface area contributed by atoms with Gasteiger partial charge in [0, 0.05) is 11.8 Å². The van der Waals surface area contributed by atoms with E-state index in [2.05, 4.69) is 30.3 Å². The van der Waals surface area contributed by atoms with Gasteiger partial charge in [0.05, 0.1) is 0 Å². The number of nitrogens with two attached hydrogens (primary N) is 1. The molecular weight excluding hydrogens is 234 g/mol. The molecule has 2 aromatic rings. The van der Waals surface area contributed by atoms with Gasteiger partial charge in [-0.25, -0.2) is 0 Å². The normalized spacial score (nSPS) is 21.7. The molecule has 1 amide bonds. The van der Waals surface area contributed by atoms with E-state index in [4.69, 9.17) is 5.73 Å². The van der Waals surface area contributed by atoms with Crippen LogP contribution < -0.4 is 5.73 Å². The van der Waals surface area contributed by atoms with E-state index in [0.29, 0.717) is 0 Å². The zero-order chi connectivity index (χ0) is 13.2. The molecule has 0 radical (unpaired) electrons. The Balaban J connectivity index is 2.13. The van der Waals surface area contributed by atoms with Crippen molar-refractivity contribution >= 4 is 5.91 Å². The van der Waals surface area contributed by atoms with Crippen molar-refractivity contribution in [2.45, 2.75) is 18.8 Å². The van der Waals surface area contributed by atoms with Crippen LogP contribution >= 0.6 is 0 Å². The Kier molecular flexibility index (Phi) is 3.08. The fraction of sp³-hybridized carbons (Fsp3) is 0.235. The van der Waals surface area contributed by atoms with Gasteiger partial charge in [0.15, 0.2) is 0 Å². The van der Waals surface area contributed by atoms with E-state index in [1.54, 1.807) is 0 Å². The number of benzene rings is 2. The summed E-state index contributed by atoms with van der Waals surface area (Å²) in [6.45, 7) is 0. The molecule has 2 nitrogen and oxygen atoms in total. The minimum absolute atomic E-state index is 0.0997. The first-order valence-electron chi connectivity index (χ1n) is 6.69. The Morgan fingerprint density at radius 2 is 1.68 bits per heavy atom. The monoisotopic (exact) mass is 251 g/mol. The quantitative estimate of drug-likeness (QED) is 0.876. The van der Waals surface area contributed by atoms with E-state index in [-0.39, 0.29) is 17.7 Å². The Bertz CT molecular complexity index is 591. The number of amides is 1. The third kappa shape index (κ3) is 2.14. The summed E-state index contributed by atoms with van der Waals surface area (Å²) in [4.78, 5) is 11.8. The molecule has 2 aromatic carbocycles. The summed E-state index contributed by atoms with van der Waals surface area (Å²) in [5.41, 5.74) is 9.39. The van der Waals surface area contributed by atoms with Crippen LogP contribution in [0.4, 0.5) is 0 Å². The van der Waals surface area contributed by atoms with Gasteiger partial charge in [-0.1, -0.05) is 54.6 Å². The van der Waals surface area contributed by atoms with Gasteiger partial charge in [-0.2, -0.15) is 0 Å². The minimum atomic E-state index is -0.191. The van der Waals surface area contributed by atoms with Gasteiger partial charge >= 0.3 is 0 Å². The third-order valence-corrected chi connectivity index (χ3v) is 4.04. The van der Waals surface area contributed by atoms with Gasteiger partial charge in [-0.15, -0.1) is 0 Å². The second kappa shape index (κ2) is 4.88. The summed E-state index contributed by atoms with van der Waals surface area (Å²) in [5.74, 6) is -0.190. The summed E-state index contributed by atoms with van der Waals surface area (Å²) < 4.78 is 0. The van der Waals surface area contributed by atoms with Crippen molar-refractivity contribution in [3.63, 3.8) is 0 Å². The highest BCUT2D eigenvalue weighted by Gasteiger charge is 2.33. The lowest BCUT2D eigenvalue weighted by Crippen LogP contribution is -2.33. The lowest BCUT2D eigenvalue weighted by molar-refractivity contribution is -0.122. The van der Waals surface area contributed by atoms with Crippen LogP contribution in [-0.2, 0) is 11.2 Å². The second-order valence-electron chi connectivity index (χ2n) is 5.13. The molecule has 2 unspecified atom stereocenters. The number of carbonyl (C=O) groups is 1. The zero-order valence-electron chi connectivity index (χ0n) is 10.8. The smallest absolute Gasteiger partial charge is 0.221 e. The van der Waals surface area contributed by atoms with Crippen molar-refractivity contribution in [3.8, 4) is 0 Å². The molecule has 0 saturated carbocycles. The van der Waals surface area contributed by atoms with Gasteiger partial charge in [-0.05, 0) is 29.5 Å². The zero-order valence-corrected chi connectivity index (χ0v) is 10.8. The van der Waals surface area contributed by atoms with Crippen molar-refractivity contribution in [2.24, 2.45) is 11.7 Å². The first-order chi connectivity index (χ1) is 9.27. The van der Waals surface area contributed by atoms with Crippen molar-refractivity contribution in [3.05, 3.63) is 71.3 Å². The summed E-state index contributed by atoms with van der Waals surface area (Å²) in [6.07, 6.45) is 1.78. The van der Waals surface area contributed by atoms with Crippen LogP contribution in [0.5, 0.6) is 0 Å². The maximum Gasteiger partial charge on any atom is 0.221 e. The minimum Gasteiger partial charge on any atom is -0.369 e. The Labute approximate surface area is 113 Å². The molecule has 1 aliphatic carbocycles. The number of hydrogen-bond acceptors (Lipinski definition) is 1. The van der Waals surface area contributed by atoms with E-state index in [0.717, 1.165) is 12.8 Å². The first-order valence-corrected chi connectivity index (χ1v) is 6.69. The first kappa shape index (κ1) is 12.0. The highest BCUT2D eigenvalue weighted by Crippen LogP contribution is 2.40. The molecule has 2 N–H and O–H groups in total. The third-order valence-electron chi connectivity index (χ3n) is 4.04. The molecular formula is C17H17NO. The fourth-order valence-electron chi connectivity index (χ4n) is 3.14. The van der Waals surface area contributed by atoms with E-state index in [1.165, 1.54) is 16.7 Å². The summed E-state index contributed by atoms with van der Waals surface area (Å²) in [7, 11) is 0. The van der Waals surface area contributed by atoms with Crippen molar-refractivity contribution in [1.82, 2.24) is 0 Å². The molecule has 0 bridgehead atoms. The molecule has 0 aromatic heterocycles. The van der Waals surface area contributed by atoms with Crippen molar-refractivity contribution in [1.29, 1.82) is 0 Å². The molecule has 2 atom stereocenters. The standard InChI is InChI=1S/C17H17NO/c18-17(19)15-11-10-12-6-4-5-9-14(12)16(15)13-7-2-1-3-8-13/h1-9,15-16H,10-11H2,(H2,18,19). The van der Waals surface area contributed by atoms with Gasteiger partial charge in [-0.3, -0.25) is 4.79 Å².